The molecule has 0 atom stereocenters. The molecule has 3 aromatic rings. The fraction of sp³-hybridized carbons (Fsp3) is 0. The number of anilines is 2. The third-order valence-electron chi connectivity index (χ3n) is 3.56. The van der Waals surface area contributed by atoms with Crippen LogP contribution in [0.5, 0.6) is 0 Å². The summed E-state index contributed by atoms with van der Waals surface area (Å²) in [6.45, 7) is 0. The summed E-state index contributed by atoms with van der Waals surface area (Å²) in [6, 6.07) is 16.7. The van der Waals surface area contributed by atoms with E-state index in [0.29, 0.717) is 21.3 Å². The van der Waals surface area contributed by atoms with Crippen molar-refractivity contribution in [2.75, 3.05) is 10.6 Å². The maximum absolute atomic E-state index is 12.3. The van der Waals surface area contributed by atoms with Gasteiger partial charge in [0.2, 0.25) is 0 Å². The van der Waals surface area contributed by atoms with Gasteiger partial charge in [-0.2, -0.15) is 0 Å². The van der Waals surface area contributed by atoms with Crippen LogP contribution in [0.1, 0.15) is 20.7 Å². The molecule has 3 rings (SSSR count). The minimum Gasteiger partial charge on any atom is -0.326 e. The molecule has 0 aliphatic carbocycles. The molecule has 0 aliphatic heterocycles. The van der Waals surface area contributed by atoms with E-state index in [-0.39, 0.29) is 11.6 Å². The maximum atomic E-state index is 12.3. The van der Waals surface area contributed by atoms with Gasteiger partial charge in [-0.05, 0) is 58.4 Å². The molecule has 1 heterocycles. The third kappa shape index (κ3) is 4.25. The summed E-state index contributed by atoms with van der Waals surface area (Å²) in [6.07, 6.45) is 1.49. The van der Waals surface area contributed by atoms with E-state index >= 15 is 0 Å². The second-order valence-electron chi connectivity index (χ2n) is 5.41. The third-order valence-corrected chi connectivity index (χ3v) is 4.01. The molecule has 1 aromatic heterocycles. The number of carbonyl (C=O) groups excluding carboxylic acids is 2. The fourth-order valence-electron chi connectivity index (χ4n) is 2.24. The molecule has 3 N–H and O–H groups in total. The van der Waals surface area contributed by atoms with Crippen LogP contribution < -0.4 is 16.2 Å². The van der Waals surface area contributed by atoms with Crippen LogP contribution in [0.2, 0.25) is 0 Å². The number of hydrogen-bond acceptors (Lipinski definition) is 3. The lowest BCUT2D eigenvalue weighted by molar-refractivity contribution is 0.102. The van der Waals surface area contributed by atoms with Gasteiger partial charge in [0.1, 0.15) is 5.69 Å². The lowest BCUT2D eigenvalue weighted by atomic mass is 10.1. The van der Waals surface area contributed by atoms with Gasteiger partial charge in [-0.3, -0.25) is 14.4 Å². The smallest absolute Gasteiger partial charge is 0.271 e. The Morgan fingerprint density at radius 1 is 0.846 bits per heavy atom. The van der Waals surface area contributed by atoms with Gasteiger partial charge in [0.05, 0.1) is 0 Å². The number of nitrogens with one attached hydrogen (secondary N) is 3. The largest absolute Gasteiger partial charge is 0.326 e. The zero-order chi connectivity index (χ0) is 18.5. The number of benzene rings is 2. The molecule has 6 nitrogen and oxygen atoms in total. The van der Waals surface area contributed by atoms with Gasteiger partial charge in [-0.1, -0.05) is 18.2 Å². The first-order chi connectivity index (χ1) is 12.5. The fourth-order valence-corrected chi connectivity index (χ4v) is 2.59. The zero-order valence-corrected chi connectivity index (χ0v) is 15.0. The lowest BCUT2D eigenvalue weighted by Crippen LogP contribution is -2.19. The van der Waals surface area contributed by atoms with Gasteiger partial charge in [-0.15, -0.1) is 0 Å². The molecule has 0 radical (unpaired) electrons. The van der Waals surface area contributed by atoms with E-state index in [1.165, 1.54) is 12.3 Å². The average Bonchev–Trinajstić information content (AvgIpc) is 2.66. The highest BCUT2D eigenvalue weighted by atomic mass is 79.9. The molecule has 0 fully saturated rings. The van der Waals surface area contributed by atoms with Crippen molar-refractivity contribution in [1.82, 2.24) is 4.98 Å². The first kappa shape index (κ1) is 17.6. The molecular formula is C19H14BrN3O3. The molecule has 7 heteroatoms. The van der Waals surface area contributed by atoms with E-state index in [9.17, 15) is 14.4 Å². The molecule has 2 amide bonds. The normalized spacial score (nSPS) is 10.2. The average molecular weight is 412 g/mol. The van der Waals surface area contributed by atoms with Crippen LogP contribution in [0.15, 0.2) is 76.1 Å². The summed E-state index contributed by atoms with van der Waals surface area (Å²) in [5.74, 6) is -0.655. The van der Waals surface area contributed by atoms with E-state index < -0.39 is 11.5 Å². The minimum absolute atomic E-state index is 0.144. The molecule has 0 saturated carbocycles. The summed E-state index contributed by atoms with van der Waals surface area (Å²) in [5.41, 5.74) is 1.22. The van der Waals surface area contributed by atoms with Crippen LogP contribution in [0.3, 0.4) is 0 Å². The van der Waals surface area contributed by atoms with Crippen LogP contribution >= 0.6 is 15.9 Å². The lowest BCUT2D eigenvalue weighted by Gasteiger charge is -2.07. The van der Waals surface area contributed by atoms with Crippen molar-refractivity contribution in [3.05, 3.63) is 92.8 Å². The highest BCUT2D eigenvalue weighted by Crippen LogP contribution is 2.14. The first-order valence-electron chi connectivity index (χ1n) is 7.69. The monoisotopic (exact) mass is 411 g/mol. The highest BCUT2D eigenvalue weighted by molar-refractivity contribution is 9.10. The number of carbonyl (C=O) groups is 2. The Bertz CT molecular complexity index is 999. The quantitative estimate of drug-likeness (QED) is 0.611. The summed E-state index contributed by atoms with van der Waals surface area (Å²) < 4.78 is 0.645. The van der Waals surface area contributed by atoms with E-state index in [1.807, 2.05) is 6.07 Å². The summed E-state index contributed by atoms with van der Waals surface area (Å²) in [4.78, 5) is 38.6. The number of pyridine rings is 1. The Morgan fingerprint density at radius 2 is 1.46 bits per heavy atom. The molecular weight excluding hydrogens is 398 g/mol. The van der Waals surface area contributed by atoms with Crippen LogP contribution in [-0.2, 0) is 0 Å². The Morgan fingerprint density at radius 3 is 2.15 bits per heavy atom. The van der Waals surface area contributed by atoms with Gasteiger partial charge in [0, 0.05) is 27.5 Å². The number of rotatable bonds is 4. The Hall–Kier alpha value is -3.19. The van der Waals surface area contributed by atoms with Gasteiger partial charge >= 0.3 is 0 Å². The number of aromatic nitrogens is 1. The molecule has 2 aromatic carbocycles. The van der Waals surface area contributed by atoms with Crippen molar-refractivity contribution in [2.45, 2.75) is 0 Å². The van der Waals surface area contributed by atoms with E-state index in [1.54, 1.807) is 48.5 Å². The van der Waals surface area contributed by atoms with E-state index in [0.717, 1.165) is 0 Å². The SMILES string of the molecule is O=C(Nc1ccc(C(=O)Nc2cc(Br)c[nH]c2=O)cc1)c1ccccc1. The number of halogens is 1. The maximum Gasteiger partial charge on any atom is 0.271 e. The number of H-pyrrole nitrogens is 1. The summed E-state index contributed by atoms with van der Waals surface area (Å²) in [7, 11) is 0. The van der Waals surface area contributed by atoms with Crippen molar-refractivity contribution >= 4 is 39.1 Å². The second kappa shape index (κ2) is 7.79. The van der Waals surface area contributed by atoms with Crippen molar-refractivity contribution in [2.24, 2.45) is 0 Å². The number of aromatic amines is 1. The second-order valence-corrected chi connectivity index (χ2v) is 6.33. The van der Waals surface area contributed by atoms with Crippen LogP contribution in [0.25, 0.3) is 0 Å². The van der Waals surface area contributed by atoms with Crippen molar-refractivity contribution < 1.29 is 9.59 Å². The summed E-state index contributed by atoms with van der Waals surface area (Å²) >= 11 is 3.23. The molecule has 0 unspecified atom stereocenters. The predicted molar refractivity (Wildman–Crippen MR) is 104 cm³/mol. The van der Waals surface area contributed by atoms with Crippen molar-refractivity contribution in [3.63, 3.8) is 0 Å². The van der Waals surface area contributed by atoms with Gasteiger partial charge in [0.15, 0.2) is 0 Å². The molecule has 130 valence electrons. The van der Waals surface area contributed by atoms with Gasteiger partial charge in [0.25, 0.3) is 17.4 Å². The Kier molecular flexibility index (Phi) is 5.28. The molecule has 26 heavy (non-hydrogen) atoms. The number of hydrogen-bond donors (Lipinski definition) is 3. The summed E-state index contributed by atoms with van der Waals surface area (Å²) in [5, 5.41) is 5.31. The van der Waals surface area contributed by atoms with E-state index in [4.69, 9.17) is 0 Å². The highest BCUT2D eigenvalue weighted by Gasteiger charge is 2.10. The Labute approximate surface area is 157 Å². The van der Waals surface area contributed by atoms with Crippen molar-refractivity contribution in [3.8, 4) is 0 Å². The number of amides is 2. The molecule has 0 bridgehead atoms. The van der Waals surface area contributed by atoms with Gasteiger partial charge in [-0.25, -0.2) is 0 Å². The molecule has 0 aliphatic rings. The van der Waals surface area contributed by atoms with Crippen LogP contribution in [-0.4, -0.2) is 16.8 Å². The van der Waals surface area contributed by atoms with Crippen LogP contribution in [0, 0.1) is 0 Å². The zero-order valence-electron chi connectivity index (χ0n) is 13.5. The predicted octanol–water partition coefficient (Wildman–Crippen LogP) is 3.64. The first-order valence-corrected chi connectivity index (χ1v) is 8.48. The Balaban J connectivity index is 1.69. The molecule has 0 saturated heterocycles. The van der Waals surface area contributed by atoms with Crippen LogP contribution in [0.4, 0.5) is 11.4 Å². The van der Waals surface area contributed by atoms with Gasteiger partial charge < -0.3 is 15.6 Å². The minimum atomic E-state index is -0.422. The van der Waals surface area contributed by atoms with E-state index in [2.05, 4.69) is 31.5 Å². The topological polar surface area (TPSA) is 91.1 Å². The van der Waals surface area contributed by atoms with Crippen molar-refractivity contribution in [1.29, 1.82) is 0 Å². The standard InChI is InChI=1S/C19H14BrN3O3/c20-14-10-16(19(26)21-11-14)23-18(25)13-6-8-15(9-7-13)22-17(24)12-4-2-1-3-5-12/h1-11H,(H,21,26)(H,22,24)(H,23,25). The molecule has 0 spiro atoms.